The molecular formula is C10H26N+. The van der Waals surface area contributed by atoms with Crippen LogP contribution in [-0.4, -0.2) is 31.7 Å². The lowest BCUT2D eigenvalue weighted by atomic mass is 10.1. The Labute approximate surface area is 73.0 Å². The smallest absolute Gasteiger partial charge is 0.0808 e. The summed E-state index contributed by atoms with van der Waals surface area (Å²) in [6.07, 6.45) is 1.31. The third-order valence-corrected chi connectivity index (χ3v) is 2.36. The van der Waals surface area contributed by atoms with Gasteiger partial charge in [-0.25, -0.2) is 0 Å². The van der Waals surface area contributed by atoms with Gasteiger partial charge < -0.3 is 4.48 Å². The van der Waals surface area contributed by atoms with Gasteiger partial charge in [0, 0.05) is 5.92 Å². The highest BCUT2D eigenvalue weighted by Gasteiger charge is 2.14. The molecule has 0 aliphatic heterocycles. The summed E-state index contributed by atoms with van der Waals surface area (Å²) in [4.78, 5) is 0. The van der Waals surface area contributed by atoms with Crippen molar-refractivity contribution in [1.29, 1.82) is 0 Å². The van der Waals surface area contributed by atoms with E-state index in [2.05, 4.69) is 34.9 Å². The van der Waals surface area contributed by atoms with Gasteiger partial charge in [0.05, 0.1) is 27.2 Å². The minimum atomic E-state index is 0. The van der Waals surface area contributed by atoms with Gasteiger partial charge in [-0.2, -0.15) is 0 Å². The molecule has 0 N–H and O–H groups in total. The SMILES string of the molecule is C.CCC(C)C[N+](C)(C)CC. The van der Waals surface area contributed by atoms with E-state index in [9.17, 15) is 0 Å². The summed E-state index contributed by atoms with van der Waals surface area (Å²) in [5.41, 5.74) is 0. The van der Waals surface area contributed by atoms with E-state index >= 15 is 0 Å². The predicted molar refractivity (Wildman–Crippen MR) is 53.7 cm³/mol. The zero-order chi connectivity index (χ0) is 8.20. The zero-order valence-corrected chi connectivity index (χ0v) is 8.15. The third kappa shape index (κ3) is 6.36. The molecule has 0 saturated heterocycles. The van der Waals surface area contributed by atoms with Gasteiger partial charge in [0.25, 0.3) is 0 Å². The summed E-state index contributed by atoms with van der Waals surface area (Å²) in [6, 6.07) is 0. The van der Waals surface area contributed by atoms with Crippen molar-refractivity contribution in [3.8, 4) is 0 Å². The molecule has 0 bridgehead atoms. The van der Waals surface area contributed by atoms with E-state index in [1.807, 2.05) is 0 Å². The molecule has 11 heavy (non-hydrogen) atoms. The molecule has 0 saturated carbocycles. The van der Waals surface area contributed by atoms with Crippen LogP contribution in [0, 0.1) is 5.92 Å². The Kier molecular flexibility index (Phi) is 6.88. The molecule has 0 fully saturated rings. The first-order chi connectivity index (χ1) is 4.52. The first kappa shape index (κ1) is 13.5. The van der Waals surface area contributed by atoms with E-state index < -0.39 is 0 Å². The van der Waals surface area contributed by atoms with Crippen LogP contribution in [0.25, 0.3) is 0 Å². The maximum Gasteiger partial charge on any atom is 0.0808 e. The molecule has 0 aliphatic rings. The Bertz CT molecular complexity index is 86.9. The van der Waals surface area contributed by atoms with Crippen molar-refractivity contribution in [3.05, 3.63) is 0 Å². The second kappa shape index (κ2) is 5.59. The van der Waals surface area contributed by atoms with Crippen molar-refractivity contribution in [1.82, 2.24) is 0 Å². The molecule has 1 nitrogen and oxygen atoms in total. The molecule has 0 rings (SSSR count). The summed E-state index contributed by atoms with van der Waals surface area (Å²) in [5, 5.41) is 0. The molecule has 0 radical (unpaired) electrons. The van der Waals surface area contributed by atoms with Crippen LogP contribution in [0.5, 0.6) is 0 Å². The first-order valence-electron chi connectivity index (χ1n) is 4.33. The van der Waals surface area contributed by atoms with Gasteiger partial charge in [-0.1, -0.05) is 21.3 Å². The van der Waals surface area contributed by atoms with Gasteiger partial charge >= 0.3 is 0 Å². The fourth-order valence-corrected chi connectivity index (χ4v) is 1.10. The molecular weight excluding hydrogens is 134 g/mol. The molecule has 1 atom stereocenters. The van der Waals surface area contributed by atoms with Crippen LogP contribution in [0.15, 0.2) is 0 Å². The highest BCUT2D eigenvalue weighted by Crippen LogP contribution is 2.07. The first-order valence-corrected chi connectivity index (χ1v) is 4.33. The largest absolute Gasteiger partial charge is 0.328 e. The van der Waals surface area contributed by atoms with Crippen molar-refractivity contribution in [2.24, 2.45) is 5.92 Å². The van der Waals surface area contributed by atoms with Crippen molar-refractivity contribution in [3.63, 3.8) is 0 Å². The average Bonchev–Trinajstić information content (AvgIpc) is 1.87. The highest BCUT2D eigenvalue weighted by molar-refractivity contribution is 4.46. The van der Waals surface area contributed by atoms with Crippen molar-refractivity contribution in [2.75, 3.05) is 27.2 Å². The summed E-state index contributed by atoms with van der Waals surface area (Å²) in [6.45, 7) is 9.40. The van der Waals surface area contributed by atoms with Crippen molar-refractivity contribution in [2.45, 2.75) is 34.6 Å². The van der Waals surface area contributed by atoms with Gasteiger partial charge in [0.1, 0.15) is 0 Å². The molecule has 0 amide bonds. The van der Waals surface area contributed by atoms with Crippen LogP contribution in [0.1, 0.15) is 34.6 Å². The van der Waals surface area contributed by atoms with Gasteiger partial charge in [-0.05, 0) is 13.3 Å². The fraction of sp³-hybridized carbons (Fsp3) is 1.00. The third-order valence-electron chi connectivity index (χ3n) is 2.36. The van der Waals surface area contributed by atoms with Gasteiger partial charge in [-0.15, -0.1) is 0 Å². The van der Waals surface area contributed by atoms with E-state index in [1.54, 1.807) is 0 Å². The highest BCUT2D eigenvalue weighted by atomic mass is 15.3. The van der Waals surface area contributed by atoms with Crippen LogP contribution < -0.4 is 0 Å². The molecule has 0 spiro atoms. The zero-order valence-electron chi connectivity index (χ0n) is 8.15. The molecule has 1 heteroatoms. The van der Waals surface area contributed by atoms with Crippen LogP contribution >= 0.6 is 0 Å². The van der Waals surface area contributed by atoms with Crippen molar-refractivity contribution >= 4 is 0 Å². The minimum absolute atomic E-state index is 0. The van der Waals surface area contributed by atoms with Gasteiger partial charge in [-0.3, -0.25) is 0 Å². The summed E-state index contributed by atoms with van der Waals surface area (Å²) in [5.74, 6) is 0.870. The molecule has 0 aliphatic carbocycles. The van der Waals surface area contributed by atoms with E-state index in [4.69, 9.17) is 0 Å². The van der Waals surface area contributed by atoms with Crippen molar-refractivity contribution < 1.29 is 4.48 Å². The average molecular weight is 160 g/mol. The summed E-state index contributed by atoms with van der Waals surface area (Å²) in [7, 11) is 4.60. The van der Waals surface area contributed by atoms with E-state index in [0.29, 0.717) is 0 Å². The Hall–Kier alpha value is -0.0400. The monoisotopic (exact) mass is 160 g/mol. The Morgan fingerprint density at radius 2 is 1.64 bits per heavy atom. The number of rotatable bonds is 4. The van der Waals surface area contributed by atoms with E-state index in [-0.39, 0.29) is 7.43 Å². The number of hydrogen-bond acceptors (Lipinski definition) is 0. The van der Waals surface area contributed by atoms with Gasteiger partial charge in [0.15, 0.2) is 0 Å². The fourth-order valence-electron chi connectivity index (χ4n) is 1.10. The summed E-state index contributed by atoms with van der Waals surface area (Å²) < 4.78 is 1.16. The Morgan fingerprint density at radius 3 is 1.91 bits per heavy atom. The standard InChI is InChI=1S/C9H22N.CH4/c1-6-9(3)8-10(4,5)7-2;/h9H,6-8H2,1-5H3;1H4/q+1;. The predicted octanol–water partition coefficient (Wildman–Crippen LogP) is 2.76. The van der Waals surface area contributed by atoms with Crippen LogP contribution in [0.2, 0.25) is 0 Å². The lowest BCUT2D eigenvalue weighted by molar-refractivity contribution is -0.891. The maximum absolute atomic E-state index is 2.33. The van der Waals surface area contributed by atoms with E-state index in [1.165, 1.54) is 19.5 Å². The Balaban J connectivity index is 0. The minimum Gasteiger partial charge on any atom is -0.328 e. The molecule has 0 aromatic rings. The molecule has 70 valence electrons. The topological polar surface area (TPSA) is 0 Å². The molecule has 1 unspecified atom stereocenters. The molecule has 0 aromatic heterocycles. The lowest BCUT2D eigenvalue weighted by Crippen LogP contribution is -2.42. The second-order valence-corrected chi connectivity index (χ2v) is 3.95. The van der Waals surface area contributed by atoms with Gasteiger partial charge in [0.2, 0.25) is 0 Å². The molecule has 0 aromatic carbocycles. The van der Waals surface area contributed by atoms with Crippen LogP contribution in [-0.2, 0) is 0 Å². The normalized spacial score (nSPS) is 13.9. The van der Waals surface area contributed by atoms with Crippen LogP contribution in [0.3, 0.4) is 0 Å². The van der Waals surface area contributed by atoms with E-state index in [0.717, 1.165) is 10.4 Å². The van der Waals surface area contributed by atoms with Crippen LogP contribution in [0.4, 0.5) is 0 Å². The quantitative estimate of drug-likeness (QED) is 0.555. The maximum atomic E-state index is 2.33. The lowest BCUT2D eigenvalue weighted by Gasteiger charge is -2.30. The second-order valence-electron chi connectivity index (χ2n) is 3.95. The number of hydrogen-bond donors (Lipinski definition) is 0. The molecule has 0 heterocycles. The number of nitrogens with zero attached hydrogens (tertiary/aromatic N) is 1. The number of quaternary nitrogens is 1. The Morgan fingerprint density at radius 1 is 1.18 bits per heavy atom. The summed E-state index contributed by atoms with van der Waals surface area (Å²) >= 11 is 0.